The molecule has 0 bridgehead atoms. The van der Waals surface area contributed by atoms with Crippen molar-refractivity contribution < 1.29 is 18.7 Å². The Morgan fingerprint density at radius 2 is 2.00 bits per heavy atom. The lowest BCUT2D eigenvalue weighted by Gasteiger charge is -2.05. The first kappa shape index (κ1) is 14.7. The number of esters is 1. The summed E-state index contributed by atoms with van der Waals surface area (Å²) in [7, 11) is 2.80. The van der Waals surface area contributed by atoms with Gasteiger partial charge in [-0.2, -0.15) is 5.10 Å². The fourth-order valence-electron chi connectivity index (χ4n) is 1.76. The van der Waals surface area contributed by atoms with E-state index in [0.29, 0.717) is 0 Å². The average molecular weight is 291 g/mol. The molecule has 2 rings (SSSR count). The second kappa shape index (κ2) is 6.17. The molecule has 2 aromatic rings. The fourth-order valence-corrected chi connectivity index (χ4v) is 1.76. The Labute approximate surface area is 120 Å². The van der Waals surface area contributed by atoms with Crippen molar-refractivity contribution in [2.45, 2.75) is 6.54 Å². The van der Waals surface area contributed by atoms with Crippen molar-refractivity contribution in [2.24, 2.45) is 7.05 Å². The van der Waals surface area contributed by atoms with E-state index < -0.39 is 5.97 Å². The number of nitrogens with one attached hydrogen (secondary N) is 1. The second-order valence-electron chi connectivity index (χ2n) is 4.34. The number of nitrogens with zero attached hydrogens (tertiary/aromatic N) is 2. The van der Waals surface area contributed by atoms with Gasteiger partial charge in [-0.3, -0.25) is 9.48 Å². The van der Waals surface area contributed by atoms with Crippen LogP contribution in [-0.2, 0) is 18.3 Å². The molecule has 0 unspecified atom stereocenters. The van der Waals surface area contributed by atoms with Crippen molar-refractivity contribution in [3.05, 3.63) is 53.1 Å². The summed E-state index contributed by atoms with van der Waals surface area (Å²) in [6.45, 7) is 0.248. The molecule has 7 heteroatoms. The van der Waals surface area contributed by atoms with Crippen LogP contribution in [0.4, 0.5) is 4.39 Å². The van der Waals surface area contributed by atoms with E-state index >= 15 is 0 Å². The SMILES string of the molecule is COC(=O)c1cc(C(=O)NCc2ccc(F)cc2)n(C)n1. The molecule has 0 aliphatic rings. The predicted molar refractivity (Wildman–Crippen MR) is 72.1 cm³/mol. The molecule has 21 heavy (non-hydrogen) atoms. The zero-order chi connectivity index (χ0) is 15.4. The third-order valence-electron chi connectivity index (χ3n) is 2.87. The van der Waals surface area contributed by atoms with Crippen LogP contribution in [0.1, 0.15) is 26.5 Å². The van der Waals surface area contributed by atoms with Crippen molar-refractivity contribution in [3.63, 3.8) is 0 Å². The first-order chi connectivity index (χ1) is 10.0. The van der Waals surface area contributed by atoms with E-state index in [9.17, 15) is 14.0 Å². The Balaban J connectivity index is 2.05. The van der Waals surface area contributed by atoms with Crippen molar-refractivity contribution in [1.29, 1.82) is 0 Å². The summed E-state index contributed by atoms with van der Waals surface area (Å²) in [5, 5.41) is 6.57. The monoisotopic (exact) mass is 291 g/mol. The van der Waals surface area contributed by atoms with Crippen molar-refractivity contribution in [3.8, 4) is 0 Å². The Kier molecular flexibility index (Phi) is 4.32. The molecule has 0 atom stereocenters. The highest BCUT2D eigenvalue weighted by Crippen LogP contribution is 2.06. The van der Waals surface area contributed by atoms with Crippen molar-refractivity contribution in [2.75, 3.05) is 7.11 Å². The number of ether oxygens (including phenoxy) is 1. The summed E-state index contributed by atoms with van der Waals surface area (Å²) < 4.78 is 18.6. The highest BCUT2D eigenvalue weighted by atomic mass is 19.1. The molecule has 6 nitrogen and oxygen atoms in total. The van der Waals surface area contributed by atoms with E-state index in [4.69, 9.17) is 0 Å². The number of hydrogen-bond acceptors (Lipinski definition) is 4. The zero-order valence-electron chi connectivity index (χ0n) is 11.6. The van der Waals surface area contributed by atoms with Crippen LogP contribution in [-0.4, -0.2) is 28.8 Å². The van der Waals surface area contributed by atoms with Gasteiger partial charge in [-0.15, -0.1) is 0 Å². The number of hydrogen-bond donors (Lipinski definition) is 1. The zero-order valence-corrected chi connectivity index (χ0v) is 11.6. The van der Waals surface area contributed by atoms with Gasteiger partial charge in [-0.25, -0.2) is 9.18 Å². The van der Waals surface area contributed by atoms with Crippen LogP contribution >= 0.6 is 0 Å². The molecule has 0 aliphatic carbocycles. The minimum absolute atomic E-state index is 0.0620. The number of aromatic nitrogens is 2. The number of methoxy groups -OCH3 is 1. The first-order valence-corrected chi connectivity index (χ1v) is 6.16. The van der Waals surface area contributed by atoms with E-state index in [1.807, 2.05) is 0 Å². The first-order valence-electron chi connectivity index (χ1n) is 6.16. The third kappa shape index (κ3) is 3.44. The number of benzene rings is 1. The van der Waals surface area contributed by atoms with Gasteiger partial charge >= 0.3 is 5.97 Å². The molecule has 1 heterocycles. The van der Waals surface area contributed by atoms with Crippen LogP contribution in [0.5, 0.6) is 0 Å². The van der Waals surface area contributed by atoms with Gasteiger partial charge in [0.1, 0.15) is 11.5 Å². The van der Waals surface area contributed by atoms with Crippen LogP contribution in [0, 0.1) is 5.82 Å². The topological polar surface area (TPSA) is 73.2 Å². The van der Waals surface area contributed by atoms with Crippen LogP contribution in [0.3, 0.4) is 0 Å². The molecule has 1 amide bonds. The molecule has 0 fully saturated rings. The Morgan fingerprint density at radius 1 is 1.33 bits per heavy atom. The van der Waals surface area contributed by atoms with Gasteiger partial charge in [0.05, 0.1) is 7.11 Å². The minimum atomic E-state index is -0.608. The average Bonchev–Trinajstić information content (AvgIpc) is 2.87. The van der Waals surface area contributed by atoms with E-state index in [2.05, 4.69) is 15.2 Å². The molecule has 1 aromatic heterocycles. The van der Waals surface area contributed by atoms with E-state index in [0.717, 1.165) is 5.56 Å². The maximum atomic E-state index is 12.8. The minimum Gasteiger partial charge on any atom is -0.464 e. The Bertz CT molecular complexity index is 665. The highest BCUT2D eigenvalue weighted by Gasteiger charge is 2.17. The van der Waals surface area contributed by atoms with Gasteiger partial charge < -0.3 is 10.1 Å². The summed E-state index contributed by atoms with van der Waals surface area (Å²) in [5.41, 5.74) is 1.06. The molecule has 0 radical (unpaired) electrons. The van der Waals surface area contributed by atoms with Gasteiger partial charge in [-0.05, 0) is 17.7 Å². The van der Waals surface area contributed by atoms with Crippen LogP contribution < -0.4 is 5.32 Å². The van der Waals surface area contributed by atoms with Crippen LogP contribution in [0.25, 0.3) is 0 Å². The summed E-state index contributed by atoms with van der Waals surface area (Å²) in [4.78, 5) is 23.4. The van der Waals surface area contributed by atoms with E-state index in [-0.39, 0.29) is 29.7 Å². The lowest BCUT2D eigenvalue weighted by Crippen LogP contribution is -2.25. The number of amides is 1. The Hall–Kier alpha value is -2.70. The molecule has 0 spiro atoms. The second-order valence-corrected chi connectivity index (χ2v) is 4.34. The number of carbonyl (C=O) groups is 2. The van der Waals surface area contributed by atoms with E-state index in [1.165, 1.54) is 30.0 Å². The van der Waals surface area contributed by atoms with Crippen molar-refractivity contribution in [1.82, 2.24) is 15.1 Å². The lowest BCUT2D eigenvalue weighted by atomic mass is 10.2. The van der Waals surface area contributed by atoms with Gasteiger partial charge in [0, 0.05) is 19.7 Å². The fraction of sp³-hybridized carbons (Fsp3) is 0.214. The third-order valence-corrected chi connectivity index (χ3v) is 2.87. The summed E-state index contributed by atoms with van der Waals surface area (Å²) in [5.74, 6) is -1.33. The maximum Gasteiger partial charge on any atom is 0.358 e. The summed E-state index contributed by atoms with van der Waals surface area (Å²) in [6, 6.07) is 7.16. The number of aryl methyl sites for hydroxylation is 1. The quantitative estimate of drug-likeness (QED) is 0.861. The molecule has 0 saturated heterocycles. The van der Waals surface area contributed by atoms with E-state index in [1.54, 1.807) is 19.2 Å². The highest BCUT2D eigenvalue weighted by molar-refractivity contribution is 5.96. The largest absolute Gasteiger partial charge is 0.464 e. The van der Waals surface area contributed by atoms with Gasteiger partial charge in [0.2, 0.25) is 0 Å². The van der Waals surface area contributed by atoms with Crippen LogP contribution in [0.2, 0.25) is 0 Å². The normalized spacial score (nSPS) is 10.2. The number of carbonyl (C=O) groups excluding carboxylic acids is 2. The summed E-state index contributed by atoms with van der Waals surface area (Å²) in [6.07, 6.45) is 0. The summed E-state index contributed by atoms with van der Waals surface area (Å²) >= 11 is 0. The van der Waals surface area contributed by atoms with Crippen LogP contribution in [0.15, 0.2) is 30.3 Å². The molecular weight excluding hydrogens is 277 g/mol. The molecule has 110 valence electrons. The number of rotatable bonds is 4. The molecular formula is C14H14FN3O3. The Morgan fingerprint density at radius 3 is 2.62 bits per heavy atom. The molecule has 1 N–H and O–H groups in total. The lowest BCUT2D eigenvalue weighted by molar-refractivity contribution is 0.0593. The predicted octanol–water partition coefficient (Wildman–Crippen LogP) is 1.28. The standard InChI is InChI=1S/C14H14FN3O3/c1-18-12(7-11(17-18)14(20)21-2)13(19)16-8-9-3-5-10(15)6-4-9/h3-7H,8H2,1-2H3,(H,16,19). The molecule has 0 aliphatic heterocycles. The number of halogens is 1. The smallest absolute Gasteiger partial charge is 0.358 e. The molecule has 1 aromatic carbocycles. The van der Waals surface area contributed by atoms with Crippen molar-refractivity contribution >= 4 is 11.9 Å². The molecule has 0 saturated carbocycles. The van der Waals surface area contributed by atoms with Gasteiger partial charge in [-0.1, -0.05) is 12.1 Å². The van der Waals surface area contributed by atoms with Gasteiger partial charge in [0.25, 0.3) is 5.91 Å². The maximum absolute atomic E-state index is 12.8. The van der Waals surface area contributed by atoms with Gasteiger partial charge in [0.15, 0.2) is 5.69 Å².